The molecule has 0 radical (unpaired) electrons. The van der Waals surface area contributed by atoms with Crippen LogP contribution < -0.4 is 10.6 Å². The number of fused-ring (bicyclic) bond motifs is 1. The molecule has 1 aliphatic heterocycles. The Bertz CT molecular complexity index is 1100. The van der Waals surface area contributed by atoms with Crippen LogP contribution in [-0.2, 0) is 16.6 Å². The highest BCUT2D eigenvalue weighted by Crippen LogP contribution is 2.33. The number of halogens is 1. The number of carbonyl (C=O) groups excluding carboxylic acids is 2. The summed E-state index contributed by atoms with van der Waals surface area (Å²) >= 11 is 5.93. The molecular formula is C21H23ClN4O4S. The van der Waals surface area contributed by atoms with E-state index >= 15 is 0 Å². The molecule has 0 unspecified atom stereocenters. The monoisotopic (exact) mass is 462 g/mol. The number of rotatable bonds is 4. The van der Waals surface area contributed by atoms with Crippen molar-refractivity contribution in [1.82, 2.24) is 14.6 Å². The van der Waals surface area contributed by atoms with Crippen molar-refractivity contribution in [2.24, 2.45) is 0 Å². The topological polar surface area (TPSA) is 108 Å². The van der Waals surface area contributed by atoms with Gasteiger partial charge >= 0.3 is 6.03 Å². The summed E-state index contributed by atoms with van der Waals surface area (Å²) in [5.41, 5.74) is 0.931. The lowest BCUT2D eigenvalue weighted by Crippen LogP contribution is -2.43. The van der Waals surface area contributed by atoms with Crippen molar-refractivity contribution in [1.29, 1.82) is 0 Å². The Morgan fingerprint density at radius 1 is 1.16 bits per heavy atom. The minimum atomic E-state index is -4.07. The Balaban J connectivity index is 1.47. The number of amides is 3. The van der Waals surface area contributed by atoms with Crippen LogP contribution in [0.5, 0.6) is 0 Å². The van der Waals surface area contributed by atoms with Gasteiger partial charge in [-0.15, -0.1) is 0 Å². The van der Waals surface area contributed by atoms with E-state index in [1.165, 1.54) is 37.2 Å². The zero-order valence-corrected chi connectivity index (χ0v) is 18.4. The summed E-state index contributed by atoms with van der Waals surface area (Å²) in [6.07, 6.45) is 7.97. The number of benzene rings is 1. The van der Waals surface area contributed by atoms with Crippen molar-refractivity contribution in [2.45, 2.75) is 56.0 Å². The quantitative estimate of drug-likeness (QED) is 0.669. The molecule has 4 rings (SSSR count). The van der Waals surface area contributed by atoms with Crippen molar-refractivity contribution in [3.05, 3.63) is 52.8 Å². The normalized spacial score (nSPS) is 18.6. The largest absolute Gasteiger partial charge is 0.348 e. The number of anilines is 1. The van der Waals surface area contributed by atoms with Crippen LogP contribution in [0.25, 0.3) is 0 Å². The second kappa shape index (κ2) is 8.84. The first-order chi connectivity index (χ1) is 14.8. The van der Waals surface area contributed by atoms with E-state index in [0.29, 0.717) is 5.56 Å². The Labute approximate surface area is 186 Å². The average Bonchev–Trinajstić information content (AvgIpc) is 3.01. The Morgan fingerprint density at radius 2 is 1.90 bits per heavy atom. The van der Waals surface area contributed by atoms with Crippen LogP contribution in [0.15, 0.2) is 41.4 Å². The molecule has 2 N–H and O–H groups in total. The summed E-state index contributed by atoms with van der Waals surface area (Å²) in [5, 5.41) is 5.84. The Morgan fingerprint density at radius 3 is 2.58 bits per heavy atom. The van der Waals surface area contributed by atoms with Gasteiger partial charge in [-0.25, -0.2) is 17.5 Å². The molecule has 8 nitrogen and oxygen atoms in total. The van der Waals surface area contributed by atoms with Gasteiger partial charge in [0.15, 0.2) is 0 Å². The summed E-state index contributed by atoms with van der Waals surface area (Å²) in [4.78, 5) is 29.0. The van der Waals surface area contributed by atoms with Gasteiger partial charge in [0.2, 0.25) is 0 Å². The van der Waals surface area contributed by atoms with E-state index in [-0.39, 0.29) is 39.8 Å². The highest BCUT2D eigenvalue weighted by molar-refractivity contribution is 7.90. The maximum atomic E-state index is 12.9. The fourth-order valence-corrected chi connectivity index (χ4v) is 5.61. The first-order valence-corrected chi connectivity index (χ1v) is 12.1. The number of sulfonamides is 1. The lowest BCUT2D eigenvalue weighted by molar-refractivity contribution is 0.0928. The van der Waals surface area contributed by atoms with E-state index in [4.69, 9.17) is 11.6 Å². The van der Waals surface area contributed by atoms with Gasteiger partial charge in [-0.3, -0.25) is 9.78 Å². The van der Waals surface area contributed by atoms with Gasteiger partial charge in [-0.05, 0) is 42.7 Å². The second-order valence-electron chi connectivity index (χ2n) is 7.80. The highest BCUT2D eigenvalue weighted by atomic mass is 35.5. The average molecular weight is 463 g/mol. The predicted molar refractivity (Wildman–Crippen MR) is 116 cm³/mol. The summed E-state index contributed by atoms with van der Waals surface area (Å²) in [5.74, 6) is -0.245. The minimum absolute atomic E-state index is 0.0630. The molecule has 10 heteroatoms. The summed E-state index contributed by atoms with van der Waals surface area (Å²) in [6.45, 7) is -0.211. The van der Waals surface area contributed by atoms with Gasteiger partial charge in [-0.2, -0.15) is 0 Å². The second-order valence-corrected chi connectivity index (χ2v) is 10.1. The number of pyridine rings is 1. The van der Waals surface area contributed by atoms with Crippen molar-refractivity contribution in [2.75, 3.05) is 5.32 Å². The van der Waals surface area contributed by atoms with Crippen molar-refractivity contribution < 1.29 is 18.0 Å². The number of nitrogens with one attached hydrogen (secondary N) is 2. The van der Waals surface area contributed by atoms with E-state index in [9.17, 15) is 18.0 Å². The number of carbonyl (C=O) groups is 2. The molecule has 0 bridgehead atoms. The molecule has 2 heterocycles. The lowest BCUT2D eigenvalue weighted by atomic mass is 10.1. The molecule has 0 atom stereocenters. The molecular weight excluding hydrogens is 440 g/mol. The van der Waals surface area contributed by atoms with Gasteiger partial charge in [0.1, 0.15) is 10.6 Å². The van der Waals surface area contributed by atoms with Crippen LogP contribution in [0.4, 0.5) is 10.5 Å². The molecule has 1 aromatic carbocycles. The summed E-state index contributed by atoms with van der Waals surface area (Å²) in [6, 6.07) is 6.81. The molecule has 1 fully saturated rings. The van der Waals surface area contributed by atoms with E-state index in [2.05, 4.69) is 15.6 Å². The van der Waals surface area contributed by atoms with Crippen LogP contribution in [0.2, 0.25) is 5.02 Å². The number of aromatic nitrogens is 1. The SMILES string of the molecule is O=C(NC1CCCCCC1)c1ccc(CN2C(=O)Nc3ccc(Cl)cc3S2(=O)=O)cn1. The van der Waals surface area contributed by atoms with Gasteiger partial charge in [0.25, 0.3) is 15.9 Å². The Hall–Kier alpha value is -2.65. The molecule has 31 heavy (non-hydrogen) atoms. The molecule has 164 valence electrons. The third kappa shape index (κ3) is 4.67. The first kappa shape index (κ1) is 21.6. The predicted octanol–water partition coefficient (Wildman–Crippen LogP) is 3.92. The van der Waals surface area contributed by atoms with Crippen LogP contribution in [0, 0.1) is 0 Å². The van der Waals surface area contributed by atoms with Gasteiger partial charge in [0, 0.05) is 17.3 Å². The smallest absolute Gasteiger partial charge is 0.336 e. The van der Waals surface area contributed by atoms with E-state index < -0.39 is 16.1 Å². The molecule has 1 aromatic heterocycles. The lowest BCUT2D eigenvalue weighted by Gasteiger charge is -2.28. The maximum Gasteiger partial charge on any atom is 0.336 e. The minimum Gasteiger partial charge on any atom is -0.348 e. The van der Waals surface area contributed by atoms with Gasteiger partial charge < -0.3 is 10.6 Å². The van der Waals surface area contributed by atoms with Crippen LogP contribution in [-0.4, -0.2) is 35.7 Å². The zero-order valence-electron chi connectivity index (χ0n) is 16.8. The third-order valence-corrected chi connectivity index (χ3v) is 7.56. The highest BCUT2D eigenvalue weighted by Gasteiger charge is 2.36. The number of urea groups is 1. The number of hydrogen-bond acceptors (Lipinski definition) is 5. The van der Waals surface area contributed by atoms with Crippen LogP contribution >= 0.6 is 11.6 Å². The number of nitrogens with zero attached hydrogens (tertiary/aromatic N) is 2. The molecule has 0 spiro atoms. The molecule has 2 aromatic rings. The van der Waals surface area contributed by atoms with E-state index in [1.807, 2.05) is 0 Å². The van der Waals surface area contributed by atoms with Crippen LogP contribution in [0.1, 0.15) is 54.6 Å². The van der Waals surface area contributed by atoms with Gasteiger partial charge in [-0.1, -0.05) is 43.4 Å². The summed E-state index contributed by atoms with van der Waals surface area (Å²) in [7, 11) is -4.07. The molecule has 3 amide bonds. The molecule has 1 saturated carbocycles. The van der Waals surface area contributed by atoms with E-state index in [1.54, 1.807) is 12.1 Å². The molecule has 0 saturated heterocycles. The van der Waals surface area contributed by atoms with Crippen molar-refractivity contribution in [3.8, 4) is 0 Å². The standard InChI is InChI=1S/C21H23ClN4O4S/c22-15-8-10-17-19(11-15)31(29,30)26(21(28)25-17)13-14-7-9-18(23-12-14)20(27)24-16-5-3-1-2-4-6-16/h7-12,16H,1-6,13H2,(H,24,27)(H,25,28). The first-order valence-electron chi connectivity index (χ1n) is 10.2. The van der Waals surface area contributed by atoms with E-state index in [0.717, 1.165) is 30.0 Å². The molecule has 2 aliphatic rings. The van der Waals surface area contributed by atoms with Crippen LogP contribution in [0.3, 0.4) is 0 Å². The number of hydrogen-bond donors (Lipinski definition) is 2. The van der Waals surface area contributed by atoms with Crippen molar-refractivity contribution >= 4 is 39.2 Å². The third-order valence-electron chi connectivity index (χ3n) is 5.55. The fraction of sp³-hybridized carbons (Fsp3) is 0.381. The van der Waals surface area contributed by atoms with Gasteiger partial charge in [0.05, 0.1) is 12.2 Å². The van der Waals surface area contributed by atoms with Crippen molar-refractivity contribution in [3.63, 3.8) is 0 Å². The maximum absolute atomic E-state index is 12.9. The Kier molecular flexibility index (Phi) is 6.15. The fourth-order valence-electron chi connectivity index (χ4n) is 3.88. The molecule has 1 aliphatic carbocycles. The summed E-state index contributed by atoms with van der Waals surface area (Å²) < 4.78 is 26.6. The zero-order chi connectivity index (χ0) is 22.0.